The van der Waals surface area contributed by atoms with Crippen LogP contribution in [0.3, 0.4) is 0 Å². The molecule has 2 aromatic rings. The van der Waals surface area contributed by atoms with Gasteiger partial charge in [-0.25, -0.2) is 8.42 Å². The topological polar surface area (TPSA) is 96.0 Å². The molecule has 0 saturated carbocycles. The van der Waals surface area contributed by atoms with E-state index in [2.05, 4.69) is 5.32 Å². The fourth-order valence-electron chi connectivity index (χ4n) is 3.72. The summed E-state index contributed by atoms with van der Waals surface area (Å²) in [6.45, 7) is 9.78. The van der Waals surface area contributed by atoms with E-state index in [1.54, 1.807) is 36.1 Å². The molecule has 0 spiro atoms. The molecule has 0 aliphatic heterocycles. The number of rotatable bonds is 11. The van der Waals surface area contributed by atoms with Crippen molar-refractivity contribution in [1.82, 2.24) is 10.2 Å². The molecule has 0 aromatic heterocycles. The van der Waals surface area contributed by atoms with Crippen LogP contribution in [0.1, 0.15) is 51.7 Å². The van der Waals surface area contributed by atoms with Gasteiger partial charge in [0.1, 0.15) is 11.8 Å². The maximum absolute atomic E-state index is 13.4. The van der Waals surface area contributed by atoms with Crippen molar-refractivity contribution in [3.05, 3.63) is 59.7 Å². The molecule has 0 aliphatic carbocycles. The molecule has 0 radical (unpaired) electrons. The number of carbonyl (C=O) groups excluding carboxylic acids is 2. The Morgan fingerprint density at radius 2 is 1.72 bits per heavy atom. The number of aryl methyl sites for hydroxylation is 1. The fourth-order valence-corrected chi connectivity index (χ4v) is 4.67. The molecule has 0 bridgehead atoms. The lowest BCUT2D eigenvalue weighted by Crippen LogP contribution is -2.52. The summed E-state index contributed by atoms with van der Waals surface area (Å²) in [7, 11) is -2.06. The molecular formula is C27H39N3O5S. The Balaban J connectivity index is 2.19. The second-order valence-electron chi connectivity index (χ2n) is 10.1. The Hall–Kier alpha value is -3.07. The molecule has 0 aliphatic rings. The van der Waals surface area contributed by atoms with Crippen LogP contribution in [0.25, 0.3) is 0 Å². The number of hydrogen-bond donors (Lipinski definition) is 1. The third-order valence-electron chi connectivity index (χ3n) is 5.63. The predicted octanol–water partition coefficient (Wildman–Crippen LogP) is 3.88. The van der Waals surface area contributed by atoms with Gasteiger partial charge >= 0.3 is 0 Å². The van der Waals surface area contributed by atoms with Crippen LogP contribution < -0.4 is 14.4 Å². The number of anilines is 1. The van der Waals surface area contributed by atoms with E-state index in [9.17, 15) is 18.0 Å². The number of ether oxygens (including phenoxy) is 1. The monoisotopic (exact) mass is 517 g/mol. The van der Waals surface area contributed by atoms with Crippen molar-refractivity contribution in [1.29, 1.82) is 0 Å². The molecule has 1 atom stereocenters. The maximum Gasteiger partial charge on any atom is 0.242 e. The summed E-state index contributed by atoms with van der Waals surface area (Å²) in [4.78, 5) is 27.8. The van der Waals surface area contributed by atoms with Crippen molar-refractivity contribution in [3.63, 3.8) is 0 Å². The van der Waals surface area contributed by atoms with Crippen molar-refractivity contribution >= 4 is 27.5 Å². The highest BCUT2D eigenvalue weighted by Crippen LogP contribution is 2.24. The molecular weight excluding hydrogens is 478 g/mol. The highest BCUT2D eigenvalue weighted by molar-refractivity contribution is 7.92. The summed E-state index contributed by atoms with van der Waals surface area (Å²) >= 11 is 0. The van der Waals surface area contributed by atoms with Crippen molar-refractivity contribution in [2.75, 3.05) is 24.2 Å². The number of sulfonamides is 1. The van der Waals surface area contributed by atoms with Crippen molar-refractivity contribution in [2.45, 2.75) is 65.6 Å². The lowest BCUT2D eigenvalue weighted by atomic mass is 10.1. The molecule has 0 fully saturated rings. The quantitative estimate of drug-likeness (QED) is 0.488. The first kappa shape index (κ1) is 29.2. The van der Waals surface area contributed by atoms with Gasteiger partial charge in [0.2, 0.25) is 21.8 Å². The average molecular weight is 518 g/mol. The van der Waals surface area contributed by atoms with E-state index in [1.165, 1.54) is 11.4 Å². The molecule has 8 nitrogen and oxygen atoms in total. The van der Waals surface area contributed by atoms with Crippen LogP contribution in [-0.2, 0) is 26.2 Å². The number of nitrogens with zero attached hydrogens (tertiary/aromatic N) is 2. The minimum Gasteiger partial charge on any atom is -0.497 e. The molecule has 2 amide bonds. The van der Waals surface area contributed by atoms with E-state index in [1.807, 2.05) is 52.0 Å². The zero-order chi connectivity index (χ0) is 27.1. The van der Waals surface area contributed by atoms with Gasteiger partial charge in [0.05, 0.1) is 19.1 Å². The van der Waals surface area contributed by atoms with E-state index in [0.717, 1.165) is 17.4 Å². The second kappa shape index (κ2) is 12.3. The Morgan fingerprint density at radius 1 is 1.08 bits per heavy atom. The van der Waals surface area contributed by atoms with Crippen LogP contribution in [0.4, 0.5) is 5.69 Å². The number of amides is 2. The lowest BCUT2D eigenvalue weighted by molar-refractivity contribution is -0.141. The van der Waals surface area contributed by atoms with Crippen molar-refractivity contribution in [2.24, 2.45) is 0 Å². The van der Waals surface area contributed by atoms with Crippen LogP contribution >= 0.6 is 0 Å². The average Bonchev–Trinajstić information content (AvgIpc) is 2.79. The van der Waals surface area contributed by atoms with Gasteiger partial charge in [-0.15, -0.1) is 0 Å². The fraction of sp³-hybridized carbons (Fsp3) is 0.481. The van der Waals surface area contributed by atoms with E-state index in [0.29, 0.717) is 17.9 Å². The molecule has 2 aromatic carbocycles. The van der Waals surface area contributed by atoms with Gasteiger partial charge in [0.25, 0.3) is 0 Å². The number of hydrogen-bond acceptors (Lipinski definition) is 5. The van der Waals surface area contributed by atoms with Gasteiger partial charge in [0.15, 0.2) is 0 Å². The molecule has 36 heavy (non-hydrogen) atoms. The highest BCUT2D eigenvalue weighted by atomic mass is 32.2. The van der Waals surface area contributed by atoms with Crippen LogP contribution in [0.15, 0.2) is 48.5 Å². The first-order valence-electron chi connectivity index (χ1n) is 12.0. The molecule has 0 unspecified atom stereocenters. The van der Waals surface area contributed by atoms with Crippen LogP contribution in [0, 0.1) is 6.92 Å². The number of carbonyl (C=O) groups is 2. The van der Waals surface area contributed by atoms with Gasteiger partial charge in [-0.2, -0.15) is 0 Å². The first-order valence-corrected chi connectivity index (χ1v) is 13.8. The smallest absolute Gasteiger partial charge is 0.242 e. The molecule has 0 saturated heterocycles. The summed E-state index contributed by atoms with van der Waals surface area (Å²) in [5.74, 6) is 0.0866. The first-order chi connectivity index (χ1) is 16.7. The Morgan fingerprint density at radius 3 is 2.28 bits per heavy atom. The number of nitrogens with one attached hydrogen (secondary N) is 1. The summed E-state index contributed by atoms with van der Waals surface area (Å²) in [6, 6.07) is 13.9. The minimum absolute atomic E-state index is 0.0922. The highest BCUT2D eigenvalue weighted by Gasteiger charge is 2.28. The van der Waals surface area contributed by atoms with Crippen molar-refractivity contribution in [3.8, 4) is 5.75 Å². The zero-order valence-corrected chi connectivity index (χ0v) is 23.2. The number of benzene rings is 2. The Bertz CT molecular complexity index is 1140. The van der Waals surface area contributed by atoms with Gasteiger partial charge in [-0.05, 0) is 58.7 Å². The van der Waals surface area contributed by atoms with Gasteiger partial charge in [-0.1, -0.05) is 35.9 Å². The lowest BCUT2D eigenvalue weighted by Gasteiger charge is -2.32. The largest absolute Gasteiger partial charge is 0.497 e. The second-order valence-corrected chi connectivity index (χ2v) is 12.0. The SMILES string of the molecule is COc1cccc(N(CCCC(=O)N(Cc2ccc(C)cc2)[C@H](C)C(=O)NC(C)(C)C)S(C)(=O)=O)c1. The number of methoxy groups -OCH3 is 1. The third kappa shape index (κ3) is 8.86. The van der Waals surface area contributed by atoms with Crippen molar-refractivity contribution < 1.29 is 22.7 Å². The zero-order valence-electron chi connectivity index (χ0n) is 22.4. The summed E-state index contributed by atoms with van der Waals surface area (Å²) in [5.41, 5.74) is 2.06. The van der Waals surface area contributed by atoms with Gasteiger partial charge in [-0.3, -0.25) is 13.9 Å². The van der Waals surface area contributed by atoms with E-state index < -0.39 is 21.6 Å². The predicted molar refractivity (Wildman–Crippen MR) is 144 cm³/mol. The Labute approximate surface area is 215 Å². The summed E-state index contributed by atoms with van der Waals surface area (Å²) in [6.07, 6.45) is 1.52. The van der Waals surface area contributed by atoms with E-state index >= 15 is 0 Å². The van der Waals surface area contributed by atoms with Gasteiger partial charge < -0.3 is 15.0 Å². The minimum atomic E-state index is -3.58. The Kier molecular flexibility index (Phi) is 9.93. The van der Waals surface area contributed by atoms with Crippen LogP contribution in [0.5, 0.6) is 5.75 Å². The molecule has 1 N–H and O–H groups in total. The standard InChI is InChI=1S/C27H39N3O5S/c1-20-13-15-22(16-14-20)19-29(21(2)26(32)28-27(3,4)5)25(31)12-9-17-30(36(7,33)34)23-10-8-11-24(18-23)35-6/h8,10-11,13-16,18,21H,9,12,17,19H2,1-7H3,(H,28,32)/t21-/m1/s1. The van der Waals surface area contributed by atoms with E-state index in [4.69, 9.17) is 4.74 Å². The molecule has 198 valence electrons. The molecule has 9 heteroatoms. The summed E-state index contributed by atoms with van der Waals surface area (Å²) in [5, 5.41) is 2.94. The molecule has 2 rings (SSSR count). The molecule has 0 heterocycles. The third-order valence-corrected chi connectivity index (χ3v) is 6.83. The van der Waals surface area contributed by atoms with Crippen LogP contribution in [-0.4, -0.2) is 56.6 Å². The van der Waals surface area contributed by atoms with Gasteiger partial charge in [0, 0.05) is 31.1 Å². The maximum atomic E-state index is 13.4. The van der Waals surface area contributed by atoms with E-state index in [-0.39, 0.29) is 31.3 Å². The summed E-state index contributed by atoms with van der Waals surface area (Å²) < 4.78 is 31.4. The van der Waals surface area contributed by atoms with Crippen LogP contribution in [0.2, 0.25) is 0 Å². The normalized spacial score (nSPS) is 12.5.